The molecule has 6 heteroatoms. The Morgan fingerprint density at radius 2 is 2.24 bits per heavy atom. The van der Waals surface area contributed by atoms with E-state index in [1.807, 2.05) is 25.1 Å². The van der Waals surface area contributed by atoms with Gasteiger partial charge >= 0.3 is 0 Å². The number of halogens is 1. The molecule has 2 N–H and O–H groups in total. The predicted octanol–water partition coefficient (Wildman–Crippen LogP) is 3.14. The SMILES string of the molecule is CCCc1noc(COc2ccc(CC(C)N)cc2Cl)n1. The van der Waals surface area contributed by atoms with Crippen molar-refractivity contribution in [1.29, 1.82) is 0 Å². The Hall–Kier alpha value is -1.59. The van der Waals surface area contributed by atoms with E-state index >= 15 is 0 Å². The lowest BCUT2D eigenvalue weighted by molar-refractivity contribution is 0.242. The van der Waals surface area contributed by atoms with Gasteiger partial charge in [0.05, 0.1) is 5.02 Å². The molecule has 0 spiro atoms. The van der Waals surface area contributed by atoms with Crippen LogP contribution >= 0.6 is 11.6 Å². The molecule has 0 aliphatic carbocycles. The molecule has 0 saturated carbocycles. The van der Waals surface area contributed by atoms with Crippen molar-refractivity contribution in [3.8, 4) is 5.75 Å². The molecule has 5 nitrogen and oxygen atoms in total. The second-order valence-electron chi connectivity index (χ2n) is 5.09. The number of hydrogen-bond acceptors (Lipinski definition) is 5. The molecule has 0 aliphatic heterocycles. The van der Waals surface area contributed by atoms with Crippen LogP contribution in [0.15, 0.2) is 22.7 Å². The van der Waals surface area contributed by atoms with Gasteiger partial charge in [-0.15, -0.1) is 0 Å². The quantitative estimate of drug-likeness (QED) is 0.850. The van der Waals surface area contributed by atoms with Crippen LogP contribution < -0.4 is 10.5 Å². The van der Waals surface area contributed by atoms with Crippen molar-refractivity contribution in [2.45, 2.75) is 45.8 Å². The molecule has 0 radical (unpaired) electrons. The van der Waals surface area contributed by atoms with Crippen molar-refractivity contribution < 1.29 is 9.26 Å². The first-order valence-corrected chi connectivity index (χ1v) is 7.44. The summed E-state index contributed by atoms with van der Waals surface area (Å²) in [5.41, 5.74) is 6.86. The van der Waals surface area contributed by atoms with Crippen LogP contribution in [0.25, 0.3) is 0 Å². The fraction of sp³-hybridized carbons (Fsp3) is 0.467. The summed E-state index contributed by atoms with van der Waals surface area (Å²) in [7, 11) is 0. The van der Waals surface area contributed by atoms with E-state index in [1.54, 1.807) is 0 Å². The van der Waals surface area contributed by atoms with Gasteiger partial charge in [-0.25, -0.2) is 0 Å². The predicted molar refractivity (Wildman–Crippen MR) is 81.4 cm³/mol. The summed E-state index contributed by atoms with van der Waals surface area (Å²) in [5.74, 6) is 1.75. The first-order chi connectivity index (χ1) is 10.1. The summed E-state index contributed by atoms with van der Waals surface area (Å²) in [6, 6.07) is 5.77. The summed E-state index contributed by atoms with van der Waals surface area (Å²) in [6.45, 7) is 4.24. The number of aryl methyl sites for hydroxylation is 1. The summed E-state index contributed by atoms with van der Waals surface area (Å²) < 4.78 is 10.7. The van der Waals surface area contributed by atoms with Gasteiger partial charge in [0.1, 0.15) is 5.75 Å². The first-order valence-electron chi connectivity index (χ1n) is 7.06. The summed E-state index contributed by atoms with van der Waals surface area (Å²) >= 11 is 6.20. The fourth-order valence-electron chi connectivity index (χ4n) is 1.97. The lowest BCUT2D eigenvalue weighted by Crippen LogP contribution is -2.17. The monoisotopic (exact) mass is 309 g/mol. The maximum Gasteiger partial charge on any atom is 0.264 e. The second kappa shape index (κ2) is 7.43. The summed E-state index contributed by atoms with van der Waals surface area (Å²) in [5, 5.41) is 4.43. The van der Waals surface area contributed by atoms with Crippen molar-refractivity contribution in [1.82, 2.24) is 10.1 Å². The van der Waals surface area contributed by atoms with Gasteiger partial charge in [-0.3, -0.25) is 0 Å². The van der Waals surface area contributed by atoms with Gasteiger partial charge in [0, 0.05) is 12.5 Å². The van der Waals surface area contributed by atoms with Gasteiger partial charge in [0.25, 0.3) is 5.89 Å². The molecule has 1 unspecified atom stereocenters. The molecule has 0 bridgehead atoms. The van der Waals surface area contributed by atoms with Gasteiger partial charge in [-0.1, -0.05) is 29.7 Å². The largest absolute Gasteiger partial charge is 0.482 e. The molecule has 114 valence electrons. The van der Waals surface area contributed by atoms with Crippen molar-refractivity contribution in [3.63, 3.8) is 0 Å². The standard InChI is InChI=1S/C15H20ClN3O2/c1-3-4-14-18-15(21-19-14)9-20-13-6-5-11(7-10(2)17)8-12(13)16/h5-6,8,10H,3-4,7,9,17H2,1-2H3. The van der Waals surface area contributed by atoms with E-state index in [2.05, 4.69) is 17.1 Å². The Balaban J connectivity index is 1.96. The van der Waals surface area contributed by atoms with Gasteiger partial charge in [0.15, 0.2) is 12.4 Å². The zero-order valence-electron chi connectivity index (χ0n) is 12.3. The molecule has 2 rings (SSSR count). The molecule has 0 fully saturated rings. The molecule has 1 aromatic heterocycles. The van der Waals surface area contributed by atoms with Crippen LogP contribution in [-0.2, 0) is 19.4 Å². The lowest BCUT2D eigenvalue weighted by atomic mass is 10.1. The Bertz CT molecular complexity index is 584. The van der Waals surface area contributed by atoms with Crippen LogP contribution in [0.2, 0.25) is 5.02 Å². The minimum absolute atomic E-state index is 0.100. The van der Waals surface area contributed by atoms with Crippen LogP contribution in [-0.4, -0.2) is 16.2 Å². The minimum atomic E-state index is 0.100. The third-order valence-corrected chi connectivity index (χ3v) is 3.18. The van der Waals surface area contributed by atoms with Crippen LogP contribution in [0.4, 0.5) is 0 Å². The van der Waals surface area contributed by atoms with Crippen molar-refractivity contribution in [3.05, 3.63) is 40.5 Å². The topological polar surface area (TPSA) is 74.2 Å². The first kappa shape index (κ1) is 15.8. The molecule has 0 saturated heterocycles. The maximum atomic E-state index is 6.20. The second-order valence-corrected chi connectivity index (χ2v) is 5.50. The van der Waals surface area contributed by atoms with Crippen LogP contribution in [0.3, 0.4) is 0 Å². The number of nitrogens with zero attached hydrogens (tertiary/aromatic N) is 2. The molecule has 2 aromatic rings. The van der Waals surface area contributed by atoms with Crippen molar-refractivity contribution in [2.75, 3.05) is 0 Å². The van der Waals surface area contributed by atoms with E-state index in [4.69, 9.17) is 26.6 Å². The number of hydrogen-bond donors (Lipinski definition) is 1. The smallest absolute Gasteiger partial charge is 0.264 e. The molecule has 1 aromatic carbocycles. The van der Waals surface area contributed by atoms with E-state index in [9.17, 15) is 0 Å². The third-order valence-electron chi connectivity index (χ3n) is 2.89. The molecular weight excluding hydrogens is 290 g/mol. The Kier molecular flexibility index (Phi) is 5.59. The fourth-order valence-corrected chi connectivity index (χ4v) is 2.23. The maximum absolute atomic E-state index is 6.20. The van der Waals surface area contributed by atoms with E-state index in [-0.39, 0.29) is 12.6 Å². The highest BCUT2D eigenvalue weighted by Crippen LogP contribution is 2.26. The van der Waals surface area contributed by atoms with E-state index in [1.165, 1.54) is 0 Å². The Morgan fingerprint density at radius 3 is 2.90 bits per heavy atom. The van der Waals surface area contributed by atoms with E-state index in [0.29, 0.717) is 22.5 Å². The third kappa shape index (κ3) is 4.72. The number of nitrogens with two attached hydrogens (primary N) is 1. The Morgan fingerprint density at radius 1 is 1.43 bits per heavy atom. The average Bonchev–Trinajstić information content (AvgIpc) is 2.85. The lowest BCUT2D eigenvalue weighted by Gasteiger charge is -2.09. The molecule has 0 amide bonds. The highest BCUT2D eigenvalue weighted by Gasteiger charge is 2.09. The normalized spacial score (nSPS) is 12.4. The molecule has 1 heterocycles. The molecule has 1 atom stereocenters. The summed E-state index contributed by atoms with van der Waals surface area (Å²) in [4.78, 5) is 4.24. The van der Waals surface area contributed by atoms with Gasteiger partial charge in [-0.05, 0) is 37.5 Å². The average molecular weight is 310 g/mol. The van der Waals surface area contributed by atoms with Gasteiger partial charge < -0.3 is 15.0 Å². The zero-order valence-corrected chi connectivity index (χ0v) is 13.1. The minimum Gasteiger partial charge on any atom is -0.482 e. The van der Waals surface area contributed by atoms with Crippen LogP contribution in [0.1, 0.15) is 37.5 Å². The number of ether oxygens (including phenoxy) is 1. The Labute approximate surface area is 129 Å². The molecule has 0 aliphatic rings. The number of benzene rings is 1. The van der Waals surface area contributed by atoms with E-state index in [0.717, 1.165) is 24.8 Å². The number of aromatic nitrogens is 2. The highest BCUT2D eigenvalue weighted by atomic mass is 35.5. The van der Waals surface area contributed by atoms with Crippen LogP contribution in [0.5, 0.6) is 5.75 Å². The highest BCUT2D eigenvalue weighted by molar-refractivity contribution is 6.32. The van der Waals surface area contributed by atoms with E-state index < -0.39 is 0 Å². The molecule has 21 heavy (non-hydrogen) atoms. The van der Waals surface area contributed by atoms with Crippen molar-refractivity contribution in [2.24, 2.45) is 5.73 Å². The van der Waals surface area contributed by atoms with Crippen molar-refractivity contribution >= 4 is 11.6 Å². The molecular formula is C15H20ClN3O2. The number of rotatable bonds is 7. The summed E-state index contributed by atoms with van der Waals surface area (Å²) in [6.07, 6.45) is 2.56. The zero-order chi connectivity index (χ0) is 15.2. The van der Waals surface area contributed by atoms with Crippen LogP contribution in [0, 0.1) is 0 Å². The van der Waals surface area contributed by atoms with Gasteiger partial charge in [0.2, 0.25) is 0 Å². The van der Waals surface area contributed by atoms with Gasteiger partial charge in [-0.2, -0.15) is 4.98 Å².